The zero-order valence-corrected chi connectivity index (χ0v) is 13.6. The Morgan fingerprint density at radius 3 is 2.65 bits per heavy atom. The molecule has 0 saturated carbocycles. The van der Waals surface area contributed by atoms with Gasteiger partial charge in [-0.05, 0) is 29.8 Å². The smallest absolute Gasteiger partial charge is 0.124 e. The third kappa shape index (κ3) is 3.44. The molecular weight excluding hydrogens is 343 g/mol. The number of nitrogens with zero attached hydrogens (tertiary/aromatic N) is 1. The van der Waals surface area contributed by atoms with Crippen molar-refractivity contribution in [2.45, 2.75) is 6.54 Å². The second kappa shape index (κ2) is 6.46. The summed E-state index contributed by atoms with van der Waals surface area (Å²) < 4.78 is 13.8. The molecule has 0 spiro atoms. The Morgan fingerprint density at radius 1 is 1.25 bits per heavy atom. The van der Waals surface area contributed by atoms with Crippen LogP contribution >= 0.6 is 27.5 Å². The van der Waals surface area contributed by atoms with Crippen LogP contribution in [0.15, 0.2) is 40.9 Å². The largest absolute Gasteiger partial charge is 0.379 e. The Hall–Kier alpha value is -1.26. The molecule has 5 heteroatoms. The van der Waals surface area contributed by atoms with Crippen LogP contribution in [0.5, 0.6) is 0 Å². The van der Waals surface area contributed by atoms with E-state index in [1.807, 2.05) is 37.2 Å². The molecule has 2 aromatic rings. The van der Waals surface area contributed by atoms with E-state index in [0.29, 0.717) is 11.6 Å². The summed E-state index contributed by atoms with van der Waals surface area (Å²) >= 11 is 9.58. The highest BCUT2D eigenvalue weighted by Gasteiger charge is 2.09. The third-order valence-corrected chi connectivity index (χ3v) is 3.96. The number of anilines is 2. The second-order valence-electron chi connectivity index (χ2n) is 4.62. The molecule has 0 amide bonds. The Morgan fingerprint density at radius 2 is 2.00 bits per heavy atom. The van der Waals surface area contributed by atoms with Crippen LogP contribution in [0.4, 0.5) is 15.8 Å². The molecule has 0 saturated heterocycles. The van der Waals surface area contributed by atoms with E-state index >= 15 is 0 Å². The molecule has 106 valence electrons. The molecule has 0 heterocycles. The van der Waals surface area contributed by atoms with E-state index in [-0.39, 0.29) is 5.82 Å². The van der Waals surface area contributed by atoms with Crippen molar-refractivity contribution in [1.29, 1.82) is 0 Å². The number of para-hydroxylation sites is 1. The molecule has 0 radical (unpaired) electrons. The summed E-state index contributed by atoms with van der Waals surface area (Å²) in [5.41, 5.74) is 2.86. The van der Waals surface area contributed by atoms with Crippen LogP contribution in [-0.4, -0.2) is 14.1 Å². The van der Waals surface area contributed by atoms with Gasteiger partial charge < -0.3 is 10.2 Å². The molecule has 2 nitrogen and oxygen atoms in total. The summed E-state index contributed by atoms with van der Waals surface area (Å²) in [5, 5.41) is 4.03. The molecule has 1 N–H and O–H groups in total. The highest BCUT2D eigenvalue weighted by atomic mass is 79.9. The summed E-state index contributed by atoms with van der Waals surface area (Å²) in [6.07, 6.45) is 0. The summed E-state index contributed by atoms with van der Waals surface area (Å²) in [5.74, 6) is -0.252. The highest BCUT2D eigenvalue weighted by molar-refractivity contribution is 9.10. The number of hydrogen-bond acceptors (Lipinski definition) is 2. The van der Waals surface area contributed by atoms with E-state index in [9.17, 15) is 4.39 Å². The van der Waals surface area contributed by atoms with E-state index in [2.05, 4.69) is 21.2 Å². The number of hydrogen-bond donors (Lipinski definition) is 1. The molecule has 0 unspecified atom stereocenters. The van der Waals surface area contributed by atoms with Crippen molar-refractivity contribution in [2.24, 2.45) is 0 Å². The van der Waals surface area contributed by atoms with Gasteiger partial charge in [-0.1, -0.05) is 39.7 Å². The van der Waals surface area contributed by atoms with Crippen LogP contribution in [0.25, 0.3) is 0 Å². The first-order chi connectivity index (χ1) is 9.49. The maximum absolute atomic E-state index is 13.1. The minimum absolute atomic E-state index is 0.252. The molecule has 0 bridgehead atoms. The number of nitrogens with one attached hydrogen (secondary N) is 1. The van der Waals surface area contributed by atoms with Crippen molar-refractivity contribution in [3.63, 3.8) is 0 Å². The lowest BCUT2D eigenvalue weighted by Gasteiger charge is -2.20. The normalized spacial score (nSPS) is 10.4. The van der Waals surface area contributed by atoms with Gasteiger partial charge in [0.2, 0.25) is 0 Å². The summed E-state index contributed by atoms with van der Waals surface area (Å²) in [7, 11) is 3.89. The van der Waals surface area contributed by atoms with Gasteiger partial charge in [0, 0.05) is 25.1 Å². The fraction of sp³-hybridized carbons (Fsp3) is 0.200. The van der Waals surface area contributed by atoms with Gasteiger partial charge in [0.05, 0.1) is 16.4 Å². The average Bonchev–Trinajstić information content (AvgIpc) is 2.37. The highest BCUT2D eigenvalue weighted by Crippen LogP contribution is 2.33. The van der Waals surface area contributed by atoms with Crippen molar-refractivity contribution < 1.29 is 4.39 Å². The summed E-state index contributed by atoms with van der Waals surface area (Å²) in [6.45, 7) is 0.585. The molecule has 0 aliphatic heterocycles. The third-order valence-electron chi connectivity index (χ3n) is 2.92. The van der Waals surface area contributed by atoms with Gasteiger partial charge in [-0.3, -0.25) is 0 Å². The standard InChI is InChI=1S/C15H15BrClFN2/c1-20(2)15-13(17)4-3-5-14(15)19-9-10-6-7-11(18)8-12(10)16/h3-8,19H,9H2,1-2H3. The van der Waals surface area contributed by atoms with E-state index in [0.717, 1.165) is 21.4 Å². The number of halogens is 3. The molecule has 0 aliphatic carbocycles. The van der Waals surface area contributed by atoms with Crippen LogP contribution in [0.1, 0.15) is 5.56 Å². The van der Waals surface area contributed by atoms with E-state index < -0.39 is 0 Å². The van der Waals surface area contributed by atoms with Gasteiger partial charge in [0.1, 0.15) is 5.82 Å². The topological polar surface area (TPSA) is 15.3 Å². The molecule has 2 rings (SSSR count). The molecular formula is C15H15BrClFN2. The maximum Gasteiger partial charge on any atom is 0.124 e. The van der Waals surface area contributed by atoms with E-state index in [4.69, 9.17) is 11.6 Å². The van der Waals surface area contributed by atoms with Gasteiger partial charge in [-0.25, -0.2) is 4.39 Å². The SMILES string of the molecule is CN(C)c1c(Cl)cccc1NCc1ccc(F)cc1Br. The lowest BCUT2D eigenvalue weighted by atomic mass is 10.2. The Kier molecular flexibility index (Phi) is 4.89. The Bertz CT molecular complexity index is 617. The Labute approximate surface area is 131 Å². The summed E-state index contributed by atoms with van der Waals surface area (Å²) in [6, 6.07) is 10.4. The van der Waals surface area contributed by atoms with Gasteiger partial charge in [-0.2, -0.15) is 0 Å². The first-order valence-electron chi connectivity index (χ1n) is 6.12. The minimum atomic E-state index is -0.252. The fourth-order valence-corrected chi connectivity index (χ4v) is 2.80. The van der Waals surface area contributed by atoms with Crippen LogP contribution in [0.3, 0.4) is 0 Å². The predicted molar refractivity (Wildman–Crippen MR) is 87.2 cm³/mol. The second-order valence-corrected chi connectivity index (χ2v) is 5.88. The summed E-state index contributed by atoms with van der Waals surface area (Å²) in [4.78, 5) is 1.96. The minimum Gasteiger partial charge on any atom is -0.379 e. The molecule has 0 aliphatic rings. The number of benzene rings is 2. The quantitative estimate of drug-likeness (QED) is 0.835. The van der Waals surface area contributed by atoms with Crippen molar-refractivity contribution in [2.75, 3.05) is 24.3 Å². The lowest BCUT2D eigenvalue weighted by molar-refractivity contribution is 0.626. The van der Waals surface area contributed by atoms with Crippen LogP contribution in [-0.2, 0) is 6.54 Å². The fourth-order valence-electron chi connectivity index (χ4n) is 1.97. The zero-order valence-electron chi connectivity index (χ0n) is 11.3. The molecule has 0 fully saturated rings. The lowest BCUT2D eigenvalue weighted by Crippen LogP contribution is -2.13. The molecule has 0 aromatic heterocycles. The van der Waals surface area contributed by atoms with Crippen molar-refractivity contribution >= 4 is 38.9 Å². The van der Waals surface area contributed by atoms with Gasteiger partial charge in [-0.15, -0.1) is 0 Å². The molecule has 0 atom stereocenters. The predicted octanol–water partition coefficient (Wildman–Crippen LogP) is 4.92. The van der Waals surface area contributed by atoms with Crippen LogP contribution in [0, 0.1) is 5.82 Å². The average molecular weight is 358 g/mol. The first-order valence-corrected chi connectivity index (χ1v) is 7.30. The Balaban J connectivity index is 2.21. The van der Waals surface area contributed by atoms with E-state index in [1.54, 1.807) is 6.07 Å². The molecule has 2 aromatic carbocycles. The first kappa shape index (κ1) is 15.1. The molecule has 20 heavy (non-hydrogen) atoms. The zero-order chi connectivity index (χ0) is 14.7. The number of rotatable bonds is 4. The van der Waals surface area contributed by atoms with E-state index in [1.165, 1.54) is 12.1 Å². The maximum atomic E-state index is 13.1. The van der Waals surface area contributed by atoms with Gasteiger partial charge >= 0.3 is 0 Å². The van der Waals surface area contributed by atoms with Crippen molar-refractivity contribution in [3.05, 3.63) is 57.3 Å². The van der Waals surface area contributed by atoms with Crippen molar-refractivity contribution in [3.8, 4) is 0 Å². The van der Waals surface area contributed by atoms with Crippen molar-refractivity contribution in [1.82, 2.24) is 0 Å². The van der Waals surface area contributed by atoms with Crippen LogP contribution in [0.2, 0.25) is 5.02 Å². The van der Waals surface area contributed by atoms with Crippen LogP contribution < -0.4 is 10.2 Å². The monoisotopic (exact) mass is 356 g/mol. The van der Waals surface area contributed by atoms with Gasteiger partial charge in [0.25, 0.3) is 0 Å². The van der Waals surface area contributed by atoms with Gasteiger partial charge in [0.15, 0.2) is 0 Å².